The van der Waals surface area contributed by atoms with Crippen LogP contribution in [0.25, 0.3) is 10.9 Å². The third-order valence-electron chi connectivity index (χ3n) is 2.44. The second kappa shape index (κ2) is 3.70. The Kier molecular flexibility index (Phi) is 2.52. The van der Waals surface area contributed by atoms with Gasteiger partial charge in [-0.05, 0) is 29.1 Å². The summed E-state index contributed by atoms with van der Waals surface area (Å²) in [6, 6.07) is 7.62. The molecule has 0 aliphatic rings. The van der Waals surface area contributed by atoms with E-state index in [0.717, 1.165) is 16.5 Å². The third-order valence-corrected chi connectivity index (χ3v) is 4.10. The van der Waals surface area contributed by atoms with Gasteiger partial charge in [-0.2, -0.15) is 0 Å². The number of sulfone groups is 1. The van der Waals surface area contributed by atoms with E-state index in [0.29, 0.717) is 0 Å². The smallest absolute Gasteiger partial charge is 0.154 e. The second-order valence-electron chi connectivity index (χ2n) is 3.58. The maximum Gasteiger partial charge on any atom is 0.154 e. The van der Waals surface area contributed by atoms with Crippen LogP contribution in [0.1, 0.15) is 12.5 Å². The zero-order chi connectivity index (χ0) is 10.9. The van der Waals surface area contributed by atoms with E-state index >= 15 is 0 Å². The summed E-state index contributed by atoms with van der Waals surface area (Å²) in [5, 5.41) is 1.05. The summed E-state index contributed by atoms with van der Waals surface area (Å²) in [6.45, 7) is 1.67. The van der Waals surface area contributed by atoms with Gasteiger partial charge in [0.2, 0.25) is 0 Å². The molecule has 1 N–H and O–H groups in total. The van der Waals surface area contributed by atoms with Crippen LogP contribution < -0.4 is 0 Å². The van der Waals surface area contributed by atoms with Crippen molar-refractivity contribution < 1.29 is 8.42 Å². The number of aromatic nitrogens is 1. The topological polar surface area (TPSA) is 49.9 Å². The molecule has 1 aromatic carbocycles. The summed E-state index contributed by atoms with van der Waals surface area (Å²) in [5.41, 5.74) is 1.89. The summed E-state index contributed by atoms with van der Waals surface area (Å²) >= 11 is 0. The zero-order valence-electron chi connectivity index (χ0n) is 8.53. The molecule has 0 radical (unpaired) electrons. The average molecular weight is 223 g/mol. The van der Waals surface area contributed by atoms with Crippen LogP contribution in [0.2, 0.25) is 0 Å². The normalized spacial score (nSPS) is 12.1. The first kappa shape index (κ1) is 10.2. The SMILES string of the molecule is CCS(=O)(=O)Cc1ccc2[nH]ccc2c1. The predicted molar refractivity (Wildman–Crippen MR) is 61.5 cm³/mol. The van der Waals surface area contributed by atoms with Crippen LogP contribution in [0, 0.1) is 0 Å². The molecular formula is C11H13NO2S. The Balaban J connectivity index is 2.37. The fourth-order valence-corrected chi connectivity index (χ4v) is 2.44. The standard InChI is InChI=1S/C11H13NO2S/c1-2-15(13,14)8-9-3-4-11-10(7-9)5-6-12-11/h3-7,12H,2,8H2,1H3. The number of hydrogen-bond acceptors (Lipinski definition) is 2. The van der Waals surface area contributed by atoms with E-state index in [1.165, 1.54) is 0 Å². The summed E-state index contributed by atoms with van der Waals surface area (Å²) in [6.07, 6.45) is 1.85. The minimum atomic E-state index is -2.93. The van der Waals surface area contributed by atoms with Crippen molar-refractivity contribution in [2.45, 2.75) is 12.7 Å². The maximum atomic E-state index is 11.4. The molecule has 80 valence electrons. The maximum absolute atomic E-state index is 11.4. The van der Waals surface area contributed by atoms with E-state index in [2.05, 4.69) is 4.98 Å². The molecule has 0 bridgehead atoms. The lowest BCUT2D eigenvalue weighted by Gasteiger charge is -2.01. The minimum Gasteiger partial charge on any atom is -0.361 e. The molecule has 0 fully saturated rings. The van der Waals surface area contributed by atoms with Gasteiger partial charge in [-0.3, -0.25) is 0 Å². The summed E-state index contributed by atoms with van der Waals surface area (Å²) < 4.78 is 22.9. The van der Waals surface area contributed by atoms with E-state index in [1.54, 1.807) is 6.92 Å². The Bertz CT molecular complexity index is 569. The molecule has 2 rings (SSSR count). The van der Waals surface area contributed by atoms with Crippen LogP contribution in [0.3, 0.4) is 0 Å². The lowest BCUT2D eigenvalue weighted by molar-refractivity contribution is 0.596. The van der Waals surface area contributed by atoms with Gasteiger partial charge in [0.25, 0.3) is 0 Å². The van der Waals surface area contributed by atoms with Crippen molar-refractivity contribution in [2.24, 2.45) is 0 Å². The quantitative estimate of drug-likeness (QED) is 0.866. The van der Waals surface area contributed by atoms with E-state index in [1.807, 2.05) is 30.5 Å². The van der Waals surface area contributed by atoms with Crippen molar-refractivity contribution in [1.82, 2.24) is 4.98 Å². The molecule has 1 aromatic heterocycles. The summed E-state index contributed by atoms with van der Waals surface area (Å²) in [4.78, 5) is 3.07. The molecule has 0 unspecified atom stereocenters. The lowest BCUT2D eigenvalue weighted by Crippen LogP contribution is -2.06. The highest BCUT2D eigenvalue weighted by molar-refractivity contribution is 7.90. The van der Waals surface area contributed by atoms with Crippen molar-refractivity contribution in [1.29, 1.82) is 0 Å². The van der Waals surface area contributed by atoms with Crippen LogP contribution in [0.4, 0.5) is 0 Å². The second-order valence-corrected chi connectivity index (χ2v) is 5.93. The van der Waals surface area contributed by atoms with Crippen LogP contribution in [-0.4, -0.2) is 19.2 Å². The van der Waals surface area contributed by atoms with Gasteiger partial charge in [0.15, 0.2) is 9.84 Å². The number of aromatic amines is 1. The average Bonchev–Trinajstić information content (AvgIpc) is 2.64. The molecule has 2 aromatic rings. The molecule has 0 spiro atoms. The molecule has 4 heteroatoms. The van der Waals surface area contributed by atoms with Crippen molar-refractivity contribution in [3.63, 3.8) is 0 Å². The Labute approximate surface area is 89.0 Å². The Morgan fingerprint density at radius 3 is 2.80 bits per heavy atom. The number of fused-ring (bicyclic) bond motifs is 1. The van der Waals surface area contributed by atoms with Crippen molar-refractivity contribution >= 4 is 20.7 Å². The van der Waals surface area contributed by atoms with Gasteiger partial charge in [0, 0.05) is 17.5 Å². The molecular weight excluding hydrogens is 210 g/mol. The van der Waals surface area contributed by atoms with Gasteiger partial charge in [0.1, 0.15) is 0 Å². The molecule has 0 saturated carbocycles. The summed E-state index contributed by atoms with van der Waals surface area (Å²) in [7, 11) is -2.93. The molecule has 1 heterocycles. The number of benzene rings is 1. The fourth-order valence-electron chi connectivity index (χ4n) is 1.55. The van der Waals surface area contributed by atoms with Crippen molar-refractivity contribution in [3.05, 3.63) is 36.0 Å². The monoisotopic (exact) mass is 223 g/mol. The molecule has 0 atom stereocenters. The van der Waals surface area contributed by atoms with Gasteiger partial charge >= 0.3 is 0 Å². The van der Waals surface area contributed by atoms with Crippen molar-refractivity contribution in [3.8, 4) is 0 Å². The van der Waals surface area contributed by atoms with E-state index < -0.39 is 9.84 Å². The van der Waals surface area contributed by atoms with Crippen molar-refractivity contribution in [2.75, 3.05) is 5.75 Å². The molecule has 15 heavy (non-hydrogen) atoms. The van der Waals surface area contributed by atoms with E-state index in [4.69, 9.17) is 0 Å². The highest BCUT2D eigenvalue weighted by Crippen LogP contribution is 2.16. The van der Waals surface area contributed by atoms with Gasteiger partial charge < -0.3 is 4.98 Å². The first-order valence-corrected chi connectivity index (χ1v) is 6.69. The molecule has 0 aliphatic carbocycles. The first-order chi connectivity index (χ1) is 7.11. The summed E-state index contributed by atoms with van der Waals surface area (Å²) in [5.74, 6) is 0.322. The highest BCUT2D eigenvalue weighted by Gasteiger charge is 2.09. The number of hydrogen-bond donors (Lipinski definition) is 1. The third kappa shape index (κ3) is 2.21. The molecule has 3 nitrogen and oxygen atoms in total. The fraction of sp³-hybridized carbons (Fsp3) is 0.273. The predicted octanol–water partition coefficient (Wildman–Crippen LogP) is 2.10. The van der Waals surface area contributed by atoms with Crippen LogP contribution >= 0.6 is 0 Å². The van der Waals surface area contributed by atoms with Crippen LogP contribution in [0.15, 0.2) is 30.5 Å². The number of nitrogens with one attached hydrogen (secondary N) is 1. The van der Waals surface area contributed by atoms with E-state index in [-0.39, 0.29) is 11.5 Å². The van der Waals surface area contributed by atoms with Gasteiger partial charge in [-0.25, -0.2) is 8.42 Å². The number of H-pyrrole nitrogens is 1. The Morgan fingerprint density at radius 1 is 1.27 bits per heavy atom. The van der Waals surface area contributed by atoms with Gasteiger partial charge in [-0.15, -0.1) is 0 Å². The lowest BCUT2D eigenvalue weighted by atomic mass is 10.2. The highest BCUT2D eigenvalue weighted by atomic mass is 32.2. The Hall–Kier alpha value is -1.29. The van der Waals surface area contributed by atoms with Gasteiger partial charge in [0.05, 0.1) is 5.75 Å². The zero-order valence-corrected chi connectivity index (χ0v) is 9.34. The molecule has 0 amide bonds. The van der Waals surface area contributed by atoms with E-state index in [9.17, 15) is 8.42 Å². The van der Waals surface area contributed by atoms with Crippen LogP contribution in [0.5, 0.6) is 0 Å². The first-order valence-electron chi connectivity index (χ1n) is 4.87. The molecule has 0 saturated heterocycles. The molecule has 0 aliphatic heterocycles. The van der Waals surface area contributed by atoms with Crippen LogP contribution in [-0.2, 0) is 15.6 Å². The van der Waals surface area contributed by atoms with Gasteiger partial charge in [-0.1, -0.05) is 13.0 Å². The minimum absolute atomic E-state index is 0.130. The number of rotatable bonds is 3. The Morgan fingerprint density at radius 2 is 2.07 bits per heavy atom. The largest absolute Gasteiger partial charge is 0.361 e.